The Morgan fingerprint density at radius 3 is 1.83 bits per heavy atom. The number of amides is 1. The molecule has 0 bridgehead atoms. The van der Waals surface area contributed by atoms with E-state index >= 15 is 0 Å². The molecule has 0 heterocycles. The molecular weight excluding hydrogens is 366 g/mol. The maximum Gasteiger partial charge on any atom is 0.410 e. The quantitative estimate of drug-likeness (QED) is 0.536. The van der Waals surface area contributed by atoms with Crippen molar-refractivity contribution in [2.75, 3.05) is 13.1 Å². The van der Waals surface area contributed by atoms with Gasteiger partial charge in [0.05, 0.1) is 0 Å². The van der Waals surface area contributed by atoms with E-state index in [0.717, 1.165) is 31.6 Å². The summed E-state index contributed by atoms with van der Waals surface area (Å²) in [5, 5.41) is 4.47. The summed E-state index contributed by atoms with van der Waals surface area (Å²) in [6, 6.07) is 16.4. The van der Waals surface area contributed by atoms with Crippen LogP contribution in [0.1, 0.15) is 19.4 Å². The van der Waals surface area contributed by atoms with Crippen molar-refractivity contribution in [2.24, 2.45) is 0 Å². The zero-order valence-corrected chi connectivity index (χ0v) is 15.5. The lowest BCUT2D eigenvalue weighted by molar-refractivity contribution is 0.101. The number of ether oxygens (including phenoxy) is 1. The topological polar surface area (TPSA) is 29.5 Å². The van der Waals surface area contributed by atoms with E-state index in [2.05, 4.69) is 40.2 Å². The fourth-order valence-electron chi connectivity index (χ4n) is 3.03. The average molecular weight is 386 g/mol. The van der Waals surface area contributed by atoms with Crippen LogP contribution in [0.4, 0.5) is 4.79 Å². The van der Waals surface area contributed by atoms with Gasteiger partial charge in [-0.3, -0.25) is 0 Å². The van der Waals surface area contributed by atoms with Gasteiger partial charge < -0.3 is 9.64 Å². The molecule has 0 aliphatic carbocycles. The molecule has 3 rings (SSSR count). The fourth-order valence-corrected chi connectivity index (χ4v) is 3.72. The number of hydrogen-bond donors (Lipinski definition) is 0. The molecule has 3 aromatic rings. The Morgan fingerprint density at radius 1 is 0.917 bits per heavy atom. The van der Waals surface area contributed by atoms with E-state index in [1.165, 1.54) is 0 Å². The Morgan fingerprint density at radius 2 is 1.38 bits per heavy atom. The zero-order chi connectivity index (χ0) is 17.1. The summed E-state index contributed by atoms with van der Waals surface area (Å²) in [5.74, 6) is 0. The number of nitrogens with zero attached hydrogens (tertiary/aromatic N) is 1. The van der Waals surface area contributed by atoms with Crippen LogP contribution in [-0.2, 0) is 11.3 Å². The summed E-state index contributed by atoms with van der Waals surface area (Å²) in [5.41, 5.74) is 1.05. The van der Waals surface area contributed by atoms with Gasteiger partial charge in [0.2, 0.25) is 0 Å². The minimum absolute atomic E-state index is 0.267. The average Bonchev–Trinajstić information content (AvgIpc) is 2.63. The smallest absolute Gasteiger partial charge is 0.410 e. The molecule has 0 aromatic heterocycles. The van der Waals surface area contributed by atoms with Crippen LogP contribution in [0.5, 0.6) is 0 Å². The summed E-state index contributed by atoms with van der Waals surface area (Å²) in [7, 11) is 0. The van der Waals surface area contributed by atoms with E-state index < -0.39 is 0 Å². The van der Waals surface area contributed by atoms with Crippen molar-refractivity contribution < 1.29 is 9.53 Å². The minimum Gasteiger partial charge on any atom is -0.444 e. The van der Waals surface area contributed by atoms with Gasteiger partial charge in [0.15, 0.2) is 0 Å². The van der Waals surface area contributed by atoms with E-state index in [0.29, 0.717) is 13.1 Å². The van der Waals surface area contributed by atoms with Crippen molar-refractivity contribution >= 4 is 43.6 Å². The van der Waals surface area contributed by atoms with Crippen molar-refractivity contribution in [2.45, 2.75) is 20.5 Å². The van der Waals surface area contributed by atoms with Gasteiger partial charge in [-0.25, -0.2) is 4.79 Å². The van der Waals surface area contributed by atoms with Gasteiger partial charge in [0.1, 0.15) is 6.61 Å². The van der Waals surface area contributed by atoms with Gasteiger partial charge >= 0.3 is 6.09 Å². The molecule has 1 amide bonds. The lowest BCUT2D eigenvalue weighted by Crippen LogP contribution is -2.30. The number of rotatable bonds is 4. The lowest BCUT2D eigenvalue weighted by atomic mass is 9.97. The molecule has 24 heavy (non-hydrogen) atoms. The summed E-state index contributed by atoms with van der Waals surface area (Å²) >= 11 is 3.73. The van der Waals surface area contributed by atoms with E-state index in [1.54, 1.807) is 4.90 Å². The Kier molecular flexibility index (Phi) is 5.05. The maximum absolute atomic E-state index is 12.2. The van der Waals surface area contributed by atoms with Crippen LogP contribution in [0.25, 0.3) is 21.5 Å². The number of fused-ring (bicyclic) bond motifs is 2. The highest BCUT2D eigenvalue weighted by atomic mass is 79.9. The van der Waals surface area contributed by atoms with Gasteiger partial charge in [-0.05, 0) is 51.3 Å². The molecule has 0 fully saturated rings. The first-order chi connectivity index (χ1) is 11.7. The molecule has 0 aliphatic rings. The first-order valence-electron chi connectivity index (χ1n) is 8.16. The van der Waals surface area contributed by atoms with Gasteiger partial charge in [0.25, 0.3) is 0 Å². The van der Waals surface area contributed by atoms with Crippen LogP contribution >= 0.6 is 15.9 Å². The number of hydrogen-bond acceptors (Lipinski definition) is 2. The lowest BCUT2D eigenvalue weighted by Gasteiger charge is -2.19. The van der Waals surface area contributed by atoms with Crippen LogP contribution in [0.2, 0.25) is 0 Å². The van der Waals surface area contributed by atoms with Crippen LogP contribution in [0.15, 0.2) is 53.0 Å². The summed E-state index contributed by atoms with van der Waals surface area (Å²) in [6.07, 6.45) is -0.268. The highest BCUT2D eigenvalue weighted by molar-refractivity contribution is 9.10. The van der Waals surface area contributed by atoms with Crippen molar-refractivity contribution in [1.29, 1.82) is 0 Å². The highest BCUT2D eigenvalue weighted by Gasteiger charge is 2.15. The molecule has 124 valence electrons. The Hall–Kier alpha value is -2.07. The van der Waals surface area contributed by atoms with Gasteiger partial charge in [-0.1, -0.05) is 48.5 Å². The molecule has 3 nitrogen and oxygen atoms in total. The second kappa shape index (κ2) is 7.22. The van der Waals surface area contributed by atoms with Gasteiger partial charge in [-0.2, -0.15) is 0 Å². The Balaban J connectivity index is 2.08. The third kappa shape index (κ3) is 2.98. The van der Waals surface area contributed by atoms with E-state index in [9.17, 15) is 4.79 Å². The Bertz CT molecular complexity index is 830. The van der Waals surface area contributed by atoms with E-state index in [4.69, 9.17) is 4.74 Å². The summed E-state index contributed by atoms with van der Waals surface area (Å²) in [4.78, 5) is 13.9. The van der Waals surface area contributed by atoms with Crippen LogP contribution in [-0.4, -0.2) is 24.1 Å². The fraction of sp³-hybridized carbons (Fsp3) is 0.250. The van der Waals surface area contributed by atoms with Crippen LogP contribution in [0.3, 0.4) is 0 Å². The number of carbonyl (C=O) groups excluding carboxylic acids is 1. The molecule has 0 aliphatic heterocycles. The number of carbonyl (C=O) groups is 1. The van der Waals surface area contributed by atoms with E-state index in [-0.39, 0.29) is 12.7 Å². The first-order valence-corrected chi connectivity index (χ1v) is 8.96. The Labute approximate surface area is 150 Å². The normalized spacial score (nSPS) is 11.0. The van der Waals surface area contributed by atoms with Crippen molar-refractivity contribution in [3.8, 4) is 0 Å². The molecule has 0 saturated carbocycles. The number of halogens is 1. The highest BCUT2D eigenvalue weighted by Crippen LogP contribution is 2.36. The summed E-state index contributed by atoms with van der Waals surface area (Å²) in [6.45, 7) is 5.47. The SMILES string of the molecule is CCN(CC)C(=O)OCc1c2ccccc2c(Br)c2ccccc12. The second-order valence-electron chi connectivity index (χ2n) is 5.61. The number of benzene rings is 3. The largest absolute Gasteiger partial charge is 0.444 e. The zero-order valence-electron chi connectivity index (χ0n) is 13.9. The molecule has 0 spiro atoms. The molecule has 0 saturated heterocycles. The predicted molar refractivity (Wildman–Crippen MR) is 102 cm³/mol. The van der Waals surface area contributed by atoms with Crippen LogP contribution in [0, 0.1) is 0 Å². The monoisotopic (exact) mass is 385 g/mol. The maximum atomic E-state index is 12.2. The second-order valence-corrected chi connectivity index (χ2v) is 6.40. The van der Waals surface area contributed by atoms with Crippen molar-refractivity contribution in [1.82, 2.24) is 4.90 Å². The molecule has 0 radical (unpaired) electrons. The molecule has 0 atom stereocenters. The van der Waals surface area contributed by atoms with Crippen LogP contribution < -0.4 is 0 Å². The standard InChI is InChI=1S/C20H20BrNO2/c1-3-22(4-2)20(23)24-13-18-14-9-5-7-11-16(14)19(21)17-12-8-6-10-15(17)18/h5-12H,3-4,13H2,1-2H3. The van der Waals surface area contributed by atoms with E-state index in [1.807, 2.05) is 38.1 Å². The molecule has 0 N–H and O–H groups in total. The molecule has 3 aromatic carbocycles. The third-order valence-electron chi connectivity index (χ3n) is 4.34. The van der Waals surface area contributed by atoms with Crippen molar-refractivity contribution in [3.05, 3.63) is 58.6 Å². The molecular formula is C20H20BrNO2. The minimum atomic E-state index is -0.268. The molecule has 0 unspecified atom stereocenters. The van der Waals surface area contributed by atoms with Crippen molar-refractivity contribution in [3.63, 3.8) is 0 Å². The third-order valence-corrected chi connectivity index (χ3v) is 5.19. The summed E-state index contributed by atoms with van der Waals surface area (Å²) < 4.78 is 6.68. The first kappa shape index (κ1) is 16.8. The molecule has 4 heteroatoms. The predicted octanol–water partition coefficient (Wildman–Crippen LogP) is 5.73. The van der Waals surface area contributed by atoms with Gasteiger partial charge in [-0.15, -0.1) is 0 Å². The van der Waals surface area contributed by atoms with Gasteiger partial charge in [0, 0.05) is 23.1 Å².